The number of phenolic OH excluding ortho intramolecular Hbond substituents is 1. The molecule has 33 heavy (non-hydrogen) atoms. The van der Waals surface area contributed by atoms with Crippen LogP contribution in [0.4, 0.5) is 10.5 Å². The Labute approximate surface area is 193 Å². The summed E-state index contributed by atoms with van der Waals surface area (Å²) >= 11 is 0. The van der Waals surface area contributed by atoms with Crippen molar-refractivity contribution < 1.29 is 24.5 Å². The van der Waals surface area contributed by atoms with Gasteiger partial charge in [-0.25, -0.2) is 4.79 Å². The number of rotatable bonds is 6. The number of nitrogens with one attached hydrogen (secondary N) is 1. The lowest BCUT2D eigenvalue weighted by Gasteiger charge is -2.23. The number of anilines is 1. The first-order chi connectivity index (χ1) is 15.3. The maximum atomic E-state index is 13.1. The molecule has 0 aromatic heterocycles. The third-order valence-electron chi connectivity index (χ3n) is 5.83. The second-order valence-electron chi connectivity index (χ2n) is 9.32. The fraction of sp³-hybridized carbons (Fsp3) is 0.400. The first-order valence-corrected chi connectivity index (χ1v) is 10.8. The van der Waals surface area contributed by atoms with Crippen molar-refractivity contribution in [1.29, 1.82) is 5.41 Å². The van der Waals surface area contributed by atoms with E-state index in [0.717, 1.165) is 10.5 Å². The zero-order valence-electron chi connectivity index (χ0n) is 19.9. The number of carbonyl (C=O) groups is 2. The lowest BCUT2D eigenvalue weighted by Crippen LogP contribution is -2.30. The van der Waals surface area contributed by atoms with Gasteiger partial charge < -0.3 is 19.8 Å². The number of ether oxygens (including phenoxy) is 1. The highest BCUT2D eigenvalue weighted by molar-refractivity contribution is 6.06. The minimum absolute atomic E-state index is 0.00458. The van der Waals surface area contributed by atoms with Gasteiger partial charge in [-0.1, -0.05) is 20.8 Å². The van der Waals surface area contributed by atoms with Crippen molar-refractivity contribution >= 4 is 23.4 Å². The Morgan fingerprint density at radius 1 is 1.21 bits per heavy atom. The average molecular weight is 454 g/mol. The molecule has 1 heterocycles. The monoisotopic (exact) mass is 453 g/mol. The number of nitrogens with zero attached hydrogens (tertiary/aromatic N) is 2. The molecule has 0 fully saturated rings. The predicted molar refractivity (Wildman–Crippen MR) is 127 cm³/mol. The van der Waals surface area contributed by atoms with Gasteiger partial charge in [-0.2, -0.15) is 0 Å². The van der Waals surface area contributed by atoms with Gasteiger partial charge in [0.1, 0.15) is 17.3 Å². The van der Waals surface area contributed by atoms with Gasteiger partial charge in [0, 0.05) is 30.3 Å². The number of amidine groups is 1. The minimum Gasteiger partial charge on any atom is -0.507 e. The van der Waals surface area contributed by atoms with E-state index in [1.54, 1.807) is 36.1 Å². The number of Topliss-reactive ketones (excluding diaryl/α,β-unsaturated/α-hetero) is 1. The van der Waals surface area contributed by atoms with E-state index >= 15 is 0 Å². The molecule has 2 aromatic rings. The molecule has 1 amide bonds. The van der Waals surface area contributed by atoms with E-state index in [-0.39, 0.29) is 29.3 Å². The smallest absolute Gasteiger partial charge is 0.411 e. The number of carboxylic acid groups (broad SMARTS) is 1. The summed E-state index contributed by atoms with van der Waals surface area (Å²) in [5, 5.41) is 28.5. The van der Waals surface area contributed by atoms with Gasteiger partial charge in [-0.05, 0) is 54.7 Å². The van der Waals surface area contributed by atoms with Gasteiger partial charge in [-0.15, -0.1) is 0 Å². The number of ketones is 1. The molecule has 0 unspecified atom stereocenters. The molecule has 8 nitrogen and oxygen atoms in total. The van der Waals surface area contributed by atoms with Gasteiger partial charge in [-0.3, -0.25) is 15.1 Å². The fourth-order valence-corrected chi connectivity index (χ4v) is 3.96. The Kier molecular flexibility index (Phi) is 6.40. The van der Waals surface area contributed by atoms with Crippen molar-refractivity contribution in [3.8, 4) is 11.5 Å². The van der Waals surface area contributed by atoms with E-state index in [9.17, 15) is 19.8 Å². The minimum atomic E-state index is -1.13. The van der Waals surface area contributed by atoms with Crippen molar-refractivity contribution in [1.82, 2.24) is 4.90 Å². The fourth-order valence-electron chi connectivity index (χ4n) is 3.96. The van der Waals surface area contributed by atoms with Crippen LogP contribution in [0, 0.1) is 12.3 Å². The molecule has 0 bridgehead atoms. The second kappa shape index (κ2) is 8.77. The summed E-state index contributed by atoms with van der Waals surface area (Å²) in [6.45, 7) is 10.2. The third kappa shape index (κ3) is 4.65. The Morgan fingerprint density at radius 2 is 1.88 bits per heavy atom. The summed E-state index contributed by atoms with van der Waals surface area (Å²) < 4.78 is 5.64. The number of phenols is 1. The zero-order valence-corrected chi connectivity index (χ0v) is 19.9. The van der Waals surface area contributed by atoms with Crippen LogP contribution in [0.15, 0.2) is 24.3 Å². The van der Waals surface area contributed by atoms with Crippen LogP contribution in [-0.2, 0) is 12.0 Å². The Balaban J connectivity index is 1.90. The van der Waals surface area contributed by atoms with Gasteiger partial charge in [0.15, 0.2) is 5.78 Å². The molecule has 0 atom stereocenters. The van der Waals surface area contributed by atoms with Crippen molar-refractivity contribution in [2.75, 3.05) is 25.1 Å². The average Bonchev–Trinajstić information content (AvgIpc) is 3.02. The summed E-state index contributed by atoms with van der Waals surface area (Å²) in [6.07, 6.45) is -1.13. The van der Waals surface area contributed by atoms with E-state index < -0.39 is 6.09 Å². The molecule has 2 aromatic carbocycles. The molecule has 0 radical (unpaired) electrons. The Bertz CT molecular complexity index is 1130. The zero-order chi connectivity index (χ0) is 24.7. The van der Waals surface area contributed by atoms with Gasteiger partial charge in [0.2, 0.25) is 0 Å². The first-order valence-electron chi connectivity index (χ1n) is 10.8. The summed E-state index contributed by atoms with van der Waals surface area (Å²) in [5.41, 5.74) is 3.22. The SMILES string of the molecule is CCOc1cc2c(cc1N(C)C(=O)O)C(=N)N(CC(=O)c1cc(C)c(O)c(C(C)(C)C)c1)C2. The van der Waals surface area contributed by atoms with E-state index in [4.69, 9.17) is 10.1 Å². The highest BCUT2D eigenvalue weighted by atomic mass is 16.5. The largest absolute Gasteiger partial charge is 0.507 e. The van der Waals surface area contributed by atoms with E-state index in [1.165, 1.54) is 7.05 Å². The van der Waals surface area contributed by atoms with Crippen molar-refractivity contribution in [2.24, 2.45) is 0 Å². The molecular formula is C25H31N3O5. The molecule has 1 aliphatic heterocycles. The third-order valence-corrected chi connectivity index (χ3v) is 5.83. The highest BCUT2D eigenvalue weighted by Gasteiger charge is 2.30. The molecule has 3 rings (SSSR count). The number of amides is 1. The Hall–Kier alpha value is -3.55. The van der Waals surface area contributed by atoms with Crippen LogP contribution in [0.5, 0.6) is 11.5 Å². The molecule has 3 N–H and O–H groups in total. The molecule has 0 saturated carbocycles. The van der Waals surface area contributed by atoms with Gasteiger partial charge in [0.05, 0.1) is 18.8 Å². The molecule has 0 saturated heterocycles. The van der Waals surface area contributed by atoms with E-state index in [0.29, 0.717) is 46.8 Å². The second-order valence-corrected chi connectivity index (χ2v) is 9.32. The number of benzene rings is 2. The summed E-state index contributed by atoms with van der Waals surface area (Å²) in [4.78, 5) is 27.4. The summed E-state index contributed by atoms with van der Waals surface area (Å²) in [7, 11) is 1.42. The molecule has 8 heteroatoms. The number of aryl methyl sites for hydroxylation is 1. The van der Waals surface area contributed by atoms with Crippen LogP contribution < -0.4 is 9.64 Å². The number of aromatic hydroxyl groups is 1. The Morgan fingerprint density at radius 3 is 2.45 bits per heavy atom. The topological polar surface area (TPSA) is 114 Å². The van der Waals surface area contributed by atoms with E-state index in [1.807, 2.05) is 27.7 Å². The molecule has 0 aliphatic carbocycles. The first kappa shape index (κ1) is 24.1. The van der Waals surface area contributed by atoms with Crippen LogP contribution in [0.2, 0.25) is 0 Å². The van der Waals surface area contributed by atoms with Crippen molar-refractivity contribution in [3.63, 3.8) is 0 Å². The van der Waals surface area contributed by atoms with Crippen molar-refractivity contribution in [3.05, 3.63) is 52.1 Å². The molecular weight excluding hydrogens is 422 g/mol. The molecule has 176 valence electrons. The lowest BCUT2D eigenvalue weighted by molar-refractivity contribution is 0.0962. The number of hydrogen-bond acceptors (Lipinski definition) is 5. The van der Waals surface area contributed by atoms with Crippen LogP contribution in [0.1, 0.15) is 60.3 Å². The van der Waals surface area contributed by atoms with Crippen molar-refractivity contribution in [2.45, 2.75) is 46.6 Å². The molecule has 1 aliphatic rings. The lowest BCUT2D eigenvalue weighted by atomic mass is 9.83. The number of hydrogen-bond donors (Lipinski definition) is 3. The predicted octanol–water partition coefficient (Wildman–Crippen LogP) is 4.53. The number of fused-ring (bicyclic) bond motifs is 1. The summed E-state index contributed by atoms with van der Waals surface area (Å²) in [5.74, 6) is 0.618. The van der Waals surface area contributed by atoms with E-state index in [2.05, 4.69) is 0 Å². The number of carbonyl (C=O) groups excluding carboxylic acids is 1. The van der Waals surface area contributed by atoms with Gasteiger partial charge >= 0.3 is 6.09 Å². The molecule has 0 spiro atoms. The van der Waals surface area contributed by atoms with Crippen LogP contribution in [0.25, 0.3) is 0 Å². The maximum Gasteiger partial charge on any atom is 0.411 e. The normalized spacial score (nSPS) is 13.2. The summed E-state index contributed by atoms with van der Waals surface area (Å²) in [6, 6.07) is 6.77. The van der Waals surface area contributed by atoms with Crippen LogP contribution in [0.3, 0.4) is 0 Å². The van der Waals surface area contributed by atoms with Crippen LogP contribution in [-0.4, -0.2) is 53.0 Å². The maximum absolute atomic E-state index is 13.1. The quantitative estimate of drug-likeness (QED) is 0.554. The van der Waals surface area contributed by atoms with Gasteiger partial charge in [0.25, 0.3) is 0 Å². The van der Waals surface area contributed by atoms with Crippen LogP contribution >= 0.6 is 0 Å². The standard InChI is InChI=1S/C25H31N3O5/c1-7-33-21-10-16-12-28(23(26)17(16)11-19(21)27(6)24(31)32)13-20(29)15-8-14(2)22(30)18(9-15)25(3,4)5/h8-11,26,30H,7,12-13H2,1-6H3,(H,31,32). The highest BCUT2D eigenvalue weighted by Crippen LogP contribution is 2.37.